The van der Waals surface area contributed by atoms with Gasteiger partial charge in [0.2, 0.25) is 0 Å². The molecule has 1 atom stereocenters. The van der Waals surface area contributed by atoms with Gasteiger partial charge in [0.15, 0.2) is 11.5 Å². The van der Waals surface area contributed by atoms with E-state index in [1.807, 2.05) is 0 Å². The molecule has 1 aliphatic heterocycles. The van der Waals surface area contributed by atoms with Crippen molar-refractivity contribution < 1.29 is 9.53 Å². The molecule has 1 aliphatic carbocycles. The number of hydrogen-bond donors (Lipinski definition) is 1. The van der Waals surface area contributed by atoms with Crippen molar-refractivity contribution in [1.29, 1.82) is 5.26 Å². The molecule has 1 aromatic carbocycles. The molecule has 0 radical (unpaired) electrons. The van der Waals surface area contributed by atoms with Crippen molar-refractivity contribution in [3.05, 3.63) is 41.5 Å². The van der Waals surface area contributed by atoms with Crippen LogP contribution in [-0.2, 0) is 4.79 Å². The molecule has 0 saturated carbocycles. The molecule has 2 aliphatic rings. The third kappa shape index (κ3) is 3.50. The van der Waals surface area contributed by atoms with Crippen LogP contribution in [0, 0.1) is 11.3 Å². The summed E-state index contributed by atoms with van der Waals surface area (Å²) in [5.41, 5.74) is 6.70. The van der Waals surface area contributed by atoms with Crippen LogP contribution in [0.5, 0.6) is 5.75 Å². The summed E-state index contributed by atoms with van der Waals surface area (Å²) in [6.45, 7) is 0.125. The highest BCUT2D eigenvalue weighted by Crippen LogP contribution is 2.33. The van der Waals surface area contributed by atoms with Crippen molar-refractivity contribution in [2.75, 3.05) is 13.7 Å². The van der Waals surface area contributed by atoms with Crippen LogP contribution >= 0.6 is 0 Å². The maximum absolute atomic E-state index is 12.8. The van der Waals surface area contributed by atoms with Crippen LogP contribution in [0.25, 0.3) is 0 Å². The highest BCUT2D eigenvalue weighted by Gasteiger charge is 2.47. The number of nitrogens with zero attached hydrogens (tertiary/aromatic N) is 3. The van der Waals surface area contributed by atoms with Crippen molar-refractivity contribution in [3.8, 4) is 11.8 Å². The molecule has 6 heteroatoms. The van der Waals surface area contributed by atoms with Crippen LogP contribution in [0.1, 0.15) is 37.7 Å². The molecule has 0 aromatic heterocycles. The quantitative estimate of drug-likeness (QED) is 0.834. The van der Waals surface area contributed by atoms with Crippen LogP contribution < -0.4 is 10.5 Å². The van der Waals surface area contributed by atoms with Gasteiger partial charge in [-0.1, -0.05) is 11.6 Å². The Bertz CT molecular complexity index is 761. The van der Waals surface area contributed by atoms with E-state index in [9.17, 15) is 4.79 Å². The van der Waals surface area contributed by atoms with Gasteiger partial charge in [-0.15, -0.1) is 0 Å². The number of nitriles is 1. The minimum absolute atomic E-state index is 0.125. The standard InChI is InChI=1S/C19H22N4O2/c1-23-17(24)19(22-18(23)21,11-14-5-3-2-4-6-14)13-25-16-9-7-15(12-20)8-10-16/h5,7-10H,2-4,6,11,13H2,1H3,(H2,21,22). The predicted octanol–water partition coefficient (Wildman–Crippen LogP) is 2.35. The summed E-state index contributed by atoms with van der Waals surface area (Å²) in [5, 5.41) is 8.87. The van der Waals surface area contributed by atoms with Gasteiger partial charge in [-0.2, -0.15) is 5.26 Å². The summed E-state index contributed by atoms with van der Waals surface area (Å²) in [6.07, 6.45) is 7.12. The number of benzene rings is 1. The van der Waals surface area contributed by atoms with Gasteiger partial charge in [0.25, 0.3) is 5.91 Å². The Balaban J connectivity index is 1.80. The van der Waals surface area contributed by atoms with Gasteiger partial charge in [0, 0.05) is 13.5 Å². The van der Waals surface area contributed by atoms with Gasteiger partial charge >= 0.3 is 0 Å². The fraction of sp³-hybridized carbons (Fsp3) is 0.421. The zero-order valence-electron chi connectivity index (χ0n) is 14.4. The summed E-state index contributed by atoms with van der Waals surface area (Å²) in [7, 11) is 1.64. The Morgan fingerprint density at radius 1 is 1.36 bits per heavy atom. The van der Waals surface area contributed by atoms with Crippen LogP contribution in [0.15, 0.2) is 40.9 Å². The average Bonchev–Trinajstić information content (AvgIpc) is 2.85. The smallest absolute Gasteiger partial charge is 0.260 e. The number of hydrogen-bond acceptors (Lipinski definition) is 5. The van der Waals surface area contributed by atoms with E-state index in [0.29, 0.717) is 17.7 Å². The molecule has 6 nitrogen and oxygen atoms in total. The van der Waals surface area contributed by atoms with Gasteiger partial charge in [-0.25, -0.2) is 4.99 Å². The van der Waals surface area contributed by atoms with E-state index in [-0.39, 0.29) is 18.5 Å². The maximum atomic E-state index is 12.8. The molecule has 0 fully saturated rings. The number of rotatable bonds is 5. The lowest BCUT2D eigenvalue weighted by molar-refractivity contribution is -0.131. The second-order valence-electron chi connectivity index (χ2n) is 6.58. The SMILES string of the molecule is CN1C(=O)C(COc2ccc(C#N)cc2)(CC2=CCCCC2)N=C1N. The zero-order valence-corrected chi connectivity index (χ0v) is 14.4. The number of allylic oxidation sites excluding steroid dienone is 1. The molecule has 0 saturated heterocycles. The minimum atomic E-state index is -1.00. The van der Waals surface area contributed by atoms with E-state index in [2.05, 4.69) is 17.1 Å². The molecule has 25 heavy (non-hydrogen) atoms. The number of amides is 1. The normalized spacial score (nSPS) is 23.0. The monoisotopic (exact) mass is 338 g/mol. The second-order valence-corrected chi connectivity index (χ2v) is 6.58. The topological polar surface area (TPSA) is 91.7 Å². The van der Waals surface area contributed by atoms with Crippen molar-refractivity contribution in [1.82, 2.24) is 4.90 Å². The van der Waals surface area contributed by atoms with Gasteiger partial charge in [0.1, 0.15) is 12.4 Å². The van der Waals surface area contributed by atoms with E-state index in [4.69, 9.17) is 15.7 Å². The largest absolute Gasteiger partial charge is 0.490 e. The average molecular weight is 338 g/mol. The minimum Gasteiger partial charge on any atom is -0.490 e. The van der Waals surface area contributed by atoms with Crippen molar-refractivity contribution in [2.45, 2.75) is 37.6 Å². The number of aliphatic imine (C=N–C) groups is 1. The van der Waals surface area contributed by atoms with E-state index in [1.165, 1.54) is 16.9 Å². The first-order valence-corrected chi connectivity index (χ1v) is 8.48. The molecule has 2 N–H and O–H groups in total. The third-order valence-electron chi connectivity index (χ3n) is 4.74. The number of guanidine groups is 1. The summed E-state index contributed by atoms with van der Waals surface area (Å²) >= 11 is 0. The maximum Gasteiger partial charge on any atom is 0.260 e. The molecule has 0 bridgehead atoms. The lowest BCUT2D eigenvalue weighted by Gasteiger charge is -2.27. The summed E-state index contributed by atoms with van der Waals surface area (Å²) < 4.78 is 5.85. The molecule has 1 unspecified atom stereocenters. The second kappa shape index (κ2) is 6.98. The zero-order chi connectivity index (χ0) is 17.9. The molecule has 1 aromatic rings. The van der Waals surface area contributed by atoms with Crippen molar-refractivity contribution in [2.24, 2.45) is 10.7 Å². The number of carbonyl (C=O) groups is 1. The third-order valence-corrected chi connectivity index (χ3v) is 4.74. The molecule has 1 heterocycles. The molecular formula is C19H22N4O2. The Morgan fingerprint density at radius 2 is 2.12 bits per heavy atom. The summed E-state index contributed by atoms with van der Waals surface area (Å²) in [5.74, 6) is 0.696. The summed E-state index contributed by atoms with van der Waals surface area (Å²) in [6, 6.07) is 8.89. The van der Waals surface area contributed by atoms with Crippen LogP contribution in [0.4, 0.5) is 0 Å². The van der Waals surface area contributed by atoms with Gasteiger partial charge in [-0.05, 0) is 49.9 Å². The molecule has 130 valence electrons. The number of ether oxygens (including phenoxy) is 1. The van der Waals surface area contributed by atoms with E-state index >= 15 is 0 Å². The number of likely N-dealkylation sites (N-methyl/N-ethyl adjacent to an activating group) is 1. The Morgan fingerprint density at radius 3 is 2.68 bits per heavy atom. The molecular weight excluding hydrogens is 316 g/mol. The highest BCUT2D eigenvalue weighted by molar-refractivity contribution is 6.06. The van der Waals surface area contributed by atoms with E-state index < -0.39 is 5.54 Å². The first-order chi connectivity index (χ1) is 12.0. The van der Waals surface area contributed by atoms with Crippen molar-refractivity contribution >= 4 is 11.9 Å². The van der Waals surface area contributed by atoms with Gasteiger partial charge in [0.05, 0.1) is 11.6 Å². The lowest BCUT2D eigenvalue weighted by Crippen LogP contribution is -2.46. The first kappa shape index (κ1) is 17.0. The van der Waals surface area contributed by atoms with Crippen LogP contribution in [0.3, 0.4) is 0 Å². The lowest BCUT2D eigenvalue weighted by atomic mass is 9.86. The molecule has 0 spiro atoms. The Kier molecular flexibility index (Phi) is 4.75. The Hall–Kier alpha value is -2.81. The molecule has 1 amide bonds. The molecule has 3 rings (SSSR count). The van der Waals surface area contributed by atoms with Gasteiger partial charge < -0.3 is 10.5 Å². The fourth-order valence-electron chi connectivity index (χ4n) is 3.29. The fourth-order valence-corrected chi connectivity index (χ4v) is 3.29. The number of carbonyl (C=O) groups excluding carboxylic acids is 1. The number of nitrogens with two attached hydrogens (primary N) is 1. The summed E-state index contributed by atoms with van der Waals surface area (Å²) in [4.78, 5) is 18.7. The van der Waals surface area contributed by atoms with Crippen LogP contribution in [0.2, 0.25) is 0 Å². The van der Waals surface area contributed by atoms with Crippen molar-refractivity contribution in [3.63, 3.8) is 0 Å². The highest BCUT2D eigenvalue weighted by atomic mass is 16.5. The van der Waals surface area contributed by atoms with Crippen LogP contribution in [-0.4, -0.2) is 36.0 Å². The van der Waals surface area contributed by atoms with Gasteiger partial charge in [-0.3, -0.25) is 9.69 Å². The van der Waals surface area contributed by atoms with E-state index in [0.717, 1.165) is 19.3 Å². The predicted molar refractivity (Wildman–Crippen MR) is 94.9 cm³/mol. The Labute approximate surface area is 147 Å². The van der Waals surface area contributed by atoms with E-state index in [1.54, 1.807) is 31.3 Å². The first-order valence-electron chi connectivity index (χ1n) is 8.48.